The number of hydrogen-bond donors (Lipinski definition) is 0. The fourth-order valence-electron chi connectivity index (χ4n) is 3.64. The van der Waals surface area contributed by atoms with Crippen molar-refractivity contribution < 1.29 is 27.5 Å². The maximum Gasteiger partial charge on any atom is 0.338 e. The van der Waals surface area contributed by atoms with E-state index in [1.54, 1.807) is 11.0 Å². The highest BCUT2D eigenvalue weighted by Crippen LogP contribution is 2.37. The summed E-state index contributed by atoms with van der Waals surface area (Å²) in [5, 5.41) is 0. The van der Waals surface area contributed by atoms with E-state index in [1.807, 2.05) is 0 Å². The molecule has 0 amide bonds. The molecule has 0 fully saturated rings. The summed E-state index contributed by atoms with van der Waals surface area (Å²) in [4.78, 5) is 23.2. The molecule has 0 spiro atoms. The van der Waals surface area contributed by atoms with Crippen molar-refractivity contribution >= 4 is 28.6 Å². The molecule has 162 valence electrons. The largest absolute Gasteiger partial charge is 0.491 e. The zero-order valence-corrected chi connectivity index (χ0v) is 17.0. The highest BCUT2D eigenvalue weighted by atomic mass is 19.1. The highest BCUT2D eigenvalue weighted by Gasteiger charge is 2.24. The number of fused-ring (bicyclic) bond motifs is 2. The van der Waals surface area contributed by atoms with Crippen molar-refractivity contribution in [3.8, 4) is 17.2 Å². The lowest BCUT2D eigenvalue weighted by molar-refractivity contribution is 0.0601. The topological polar surface area (TPSA) is 77.7 Å². The van der Waals surface area contributed by atoms with Crippen LogP contribution in [0.4, 0.5) is 20.3 Å². The molecule has 5 rings (SSSR count). The number of methoxy groups -OCH3 is 1. The summed E-state index contributed by atoms with van der Waals surface area (Å²) in [6, 6.07) is 9.77. The molecule has 0 atom stereocenters. The van der Waals surface area contributed by atoms with Crippen molar-refractivity contribution in [1.82, 2.24) is 9.97 Å². The van der Waals surface area contributed by atoms with Crippen molar-refractivity contribution in [2.45, 2.75) is 6.42 Å². The molecule has 2 aromatic carbocycles. The quantitative estimate of drug-likeness (QED) is 0.423. The van der Waals surface area contributed by atoms with Crippen LogP contribution in [0.3, 0.4) is 0 Å². The first kappa shape index (κ1) is 19.9. The van der Waals surface area contributed by atoms with E-state index in [4.69, 9.17) is 13.9 Å². The van der Waals surface area contributed by atoms with E-state index >= 15 is 0 Å². The molecule has 0 N–H and O–H groups in total. The maximum atomic E-state index is 14.0. The molecule has 0 saturated heterocycles. The Balaban J connectivity index is 1.63. The second-order valence-electron chi connectivity index (χ2n) is 7.18. The number of hydrogen-bond acceptors (Lipinski definition) is 7. The van der Waals surface area contributed by atoms with Crippen LogP contribution in [0.5, 0.6) is 5.75 Å². The molecule has 3 heterocycles. The minimum Gasteiger partial charge on any atom is -0.491 e. The first-order valence-electron chi connectivity index (χ1n) is 9.88. The number of aromatic nitrogens is 2. The number of benzene rings is 2. The van der Waals surface area contributed by atoms with Crippen LogP contribution in [0.2, 0.25) is 0 Å². The third kappa shape index (κ3) is 3.51. The van der Waals surface area contributed by atoms with Crippen molar-refractivity contribution in [1.29, 1.82) is 0 Å². The fraction of sp³-hybridized carbons (Fsp3) is 0.174. The summed E-state index contributed by atoms with van der Waals surface area (Å²) in [5.74, 6) is -0.457. The van der Waals surface area contributed by atoms with Crippen LogP contribution in [-0.4, -0.2) is 36.2 Å². The third-order valence-electron chi connectivity index (χ3n) is 5.15. The van der Waals surface area contributed by atoms with E-state index in [1.165, 1.54) is 49.7 Å². The normalized spacial score (nSPS) is 13.4. The molecule has 0 unspecified atom stereocenters. The van der Waals surface area contributed by atoms with Gasteiger partial charge in [0.1, 0.15) is 28.7 Å². The van der Waals surface area contributed by atoms with E-state index in [0.29, 0.717) is 47.9 Å². The zero-order chi connectivity index (χ0) is 22.2. The Hall–Kier alpha value is -4.01. The molecule has 0 aliphatic carbocycles. The van der Waals surface area contributed by atoms with Crippen molar-refractivity contribution in [2.75, 3.05) is 25.2 Å². The Kier molecular flexibility index (Phi) is 4.93. The number of esters is 1. The monoisotopic (exact) mass is 437 g/mol. The van der Waals surface area contributed by atoms with Crippen LogP contribution in [0.25, 0.3) is 22.6 Å². The van der Waals surface area contributed by atoms with E-state index in [9.17, 15) is 13.6 Å². The molecule has 0 saturated carbocycles. The number of anilines is 2. The van der Waals surface area contributed by atoms with E-state index < -0.39 is 17.6 Å². The van der Waals surface area contributed by atoms with Gasteiger partial charge in [-0.3, -0.25) is 0 Å². The minimum absolute atomic E-state index is 0.107. The molecule has 7 nitrogen and oxygen atoms in total. The van der Waals surface area contributed by atoms with Crippen molar-refractivity contribution in [2.24, 2.45) is 0 Å². The number of carbonyl (C=O) groups excluding carboxylic acids is 1. The Labute approximate surface area is 181 Å². The van der Waals surface area contributed by atoms with Crippen LogP contribution in [0.15, 0.2) is 53.1 Å². The molecule has 1 aliphatic rings. The Morgan fingerprint density at radius 2 is 1.94 bits per heavy atom. The molecule has 0 bridgehead atoms. The smallest absolute Gasteiger partial charge is 0.338 e. The lowest BCUT2D eigenvalue weighted by Gasteiger charge is -2.23. The number of oxazole rings is 1. The lowest BCUT2D eigenvalue weighted by Crippen LogP contribution is -2.20. The first-order valence-corrected chi connectivity index (χ1v) is 9.88. The van der Waals surface area contributed by atoms with Crippen molar-refractivity contribution in [3.05, 3.63) is 65.9 Å². The van der Waals surface area contributed by atoms with Crippen LogP contribution in [-0.2, 0) is 4.74 Å². The maximum absolute atomic E-state index is 14.0. The van der Waals surface area contributed by atoms with Gasteiger partial charge in [-0.25, -0.2) is 23.5 Å². The predicted octanol–water partition coefficient (Wildman–Crippen LogP) is 4.88. The number of pyridine rings is 1. The predicted molar refractivity (Wildman–Crippen MR) is 112 cm³/mol. The van der Waals surface area contributed by atoms with Gasteiger partial charge in [-0.2, -0.15) is 0 Å². The summed E-state index contributed by atoms with van der Waals surface area (Å²) in [6.45, 7) is 0.974. The van der Waals surface area contributed by atoms with Gasteiger partial charge in [-0.05, 0) is 36.8 Å². The number of nitrogens with zero attached hydrogens (tertiary/aromatic N) is 3. The van der Waals surface area contributed by atoms with Gasteiger partial charge in [-0.1, -0.05) is 0 Å². The highest BCUT2D eigenvalue weighted by molar-refractivity contribution is 5.97. The zero-order valence-electron chi connectivity index (χ0n) is 17.0. The van der Waals surface area contributed by atoms with Gasteiger partial charge in [0.2, 0.25) is 5.89 Å². The molecule has 2 aromatic heterocycles. The van der Waals surface area contributed by atoms with Crippen LogP contribution < -0.4 is 9.64 Å². The lowest BCUT2D eigenvalue weighted by atomic mass is 10.1. The van der Waals surface area contributed by atoms with Crippen LogP contribution in [0, 0.1) is 11.6 Å². The number of rotatable bonds is 3. The van der Waals surface area contributed by atoms with Gasteiger partial charge >= 0.3 is 5.97 Å². The molecular weight excluding hydrogens is 420 g/mol. The van der Waals surface area contributed by atoms with Crippen LogP contribution in [0.1, 0.15) is 16.8 Å². The van der Waals surface area contributed by atoms with E-state index in [2.05, 4.69) is 9.97 Å². The molecule has 0 radical (unpaired) electrons. The summed E-state index contributed by atoms with van der Waals surface area (Å²) in [6.07, 6.45) is 2.11. The first-order chi connectivity index (χ1) is 15.5. The van der Waals surface area contributed by atoms with E-state index in [0.717, 1.165) is 0 Å². The van der Waals surface area contributed by atoms with E-state index in [-0.39, 0.29) is 17.0 Å². The van der Waals surface area contributed by atoms with Crippen LogP contribution >= 0.6 is 0 Å². The molecular formula is C23H17F2N3O4. The average molecular weight is 437 g/mol. The van der Waals surface area contributed by atoms with Gasteiger partial charge in [0.15, 0.2) is 5.58 Å². The average Bonchev–Trinajstić information content (AvgIpc) is 3.10. The Morgan fingerprint density at radius 1 is 1.12 bits per heavy atom. The molecule has 4 aromatic rings. The molecule has 32 heavy (non-hydrogen) atoms. The number of ether oxygens (including phenoxy) is 2. The fourth-order valence-corrected chi connectivity index (χ4v) is 3.64. The third-order valence-corrected chi connectivity index (χ3v) is 5.15. The minimum atomic E-state index is -0.623. The standard InChI is InChI=1S/C23H17F2N3O4/c1-30-23(29)15-11-21(28-7-2-8-31-19-6-4-13(24)9-18(19)28)26-12-16(15)22-27-17-5-3-14(25)10-20(17)32-22/h3-6,9-12H,2,7-8H2,1H3. The molecule has 9 heteroatoms. The SMILES string of the molecule is COC(=O)c1cc(N2CCCOc3ccc(F)cc32)ncc1-c1nc2ccc(F)cc2o1. The van der Waals surface area contributed by atoms with Gasteiger partial charge in [-0.15, -0.1) is 0 Å². The van der Waals surface area contributed by atoms with Gasteiger partial charge in [0.25, 0.3) is 0 Å². The Bertz CT molecular complexity index is 1340. The second-order valence-corrected chi connectivity index (χ2v) is 7.18. The summed E-state index contributed by atoms with van der Waals surface area (Å²) >= 11 is 0. The summed E-state index contributed by atoms with van der Waals surface area (Å²) in [5.41, 5.74) is 1.65. The summed E-state index contributed by atoms with van der Waals surface area (Å²) in [7, 11) is 1.26. The summed E-state index contributed by atoms with van der Waals surface area (Å²) < 4.78 is 43.8. The number of carbonyl (C=O) groups is 1. The van der Waals surface area contributed by atoms with Gasteiger partial charge in [0, 0.05) is 24.9 Å². The second kappa shape index (κ2) is 7.92. The number of halogens is 2. The van der Waals surface area contributed by atoms with Gasteiger partial charge < -0.3 is 18.8 Å². The van der Waals surface area contributed by atoms with Gasteiger partial charge in [0.05, 0.1) is 30.5 Å². The molecule has 1 aliphatic heterocycles. The van der Waals surface area contributed by atoms with Crippen molar-refractivity contribution in [3.63, 3.8) is 0 Å². The Morgan fingerprint density at radius 3 is 2.78 bits per heavy atom.